The quantitative estimate of drug-likeness (QED) is 0.560. The van der Waals surface area contributed by atoms with Gasteiger partial charge >= 0.3 is 0 Å². The van der Waals surface area contributed by atoms with Gasteiger partial charge in [0.15, 0.2) is 0 Å². The second-order valence-corrected chi connectivity index (χ2v) is 8.15. The summed E-state index contributed by atoms with van der Waals surface area (Å²) in [6, 6.07) is 25.2. The summed E-state index contributed by atoms with van der Waals surface area (Å²) in [6.07, 6.45) is 0. The first kappa shape index (κ1) is 20.6. The summed E-state index contributed by atoms with van der Waals surface area (Å²) in [5.74, 6) is -0.262. The standard InChI is InChI=1S/C22H23N3O3S/c1-25(18-10-4-2-5-11-18)21-15-9-8-14-20(21)22(26)23-16-17-24-29(27,28)19-12-6-3-7-13-19/h2-15,24H,16-17H2,1H3,(H,23,26). The van der Waals surface area contributed by atoms with Gasteiger partial charge in [-0.3, -0.25) is 4.79 Å². The fourth-order valence-electron chi connectivity index (χ4n) is 2.89. The van der Waals surface area contributed by atoms with Gasteiger partial charge in [0.1, 0.15) is 0 Å². The van der Waals surface area contributed by atoms with Gasteiger partial charge in [0, 0.05) is 25.8 Å². The van der Waals surface area contributed by atoms with Crippen LogP contribution in [0.1, 0.15) is 10.4 Å². The highest BCUT2D eigenvalue weighted by Crippen LogP contribution is 2.26. The van der Waals surface area contributed by atoms with Crippen LogP contribution < -0.4 is 14.9 Å². The zero-order valence-corrected chi connectivity index (χ0v) is 16.9. The SMILES string of the molecule is CN(c1ccccc1)c1ccccc1C(=O)NCCNS(=O)(=O)c1ccccc1. The van der Waals surface area contributed by atoms with Gasteiger partial charge in [-0.15, -0.1) is 0 Å². The van der Waals surface area contributed by atoms with Gasteiger partial charge in [-0.1, -0.05) is 48.5 Å². The van der Waals surface area contributed by atoms with Crippen LogP contribution in [0.4, 0.5) is 11.4 Å². The maximum atomic E-state index is 12.7. The van der Waals surface area contributed by atoms with Crippen molar-refractivity contribution in [1.29, 1.82) is 0 Å². The number of benzene rings is 3. The number of carbonyl (C=O) groups is 1. The third kappa shape index (κ3) is 5.22. The Morgan fingerprint density at radius 2 is 1.41 bits per heavy atom. The third-order valence-corrected chi connectivity index (χ3v) is 5.89. The molecule has 3 rings (SSSR count). The van der Waals surface area contributed by atoms with Crippen molar-refractivity contribution in [3.05, 3.63) is 90.5 Å². The first-order valence-electron chi connectivity index (χ1n) is 9.20. The molecular formula is C22H23N3O3S. The highest BCUT2D eigenvalue weighted by atomic mass is 32.2. The lowest BCUT2D eigenvalue weighted by Crippen LogP contribution is -2.35. The highest BCUT2D eigenvalue weighted by molar-refractivity contribution is 7.89. The maximum absolute atomic E-state index is 12.7. The lowest BCUT2D eigenvalue weighted by Gasteiger charge is -2.22. The van der Waals surface area contributed by atoms with Gasteiger partial charge in [-0.25, -0.2) is 13.1 Å². The number of hydrogen-bond donors (Lipinski definition) is 2. The molecule has 0 unspecified atom stereocenters. The average molecular weight is 410 g/mol. The molecule has 0 radical (unpaired) electrons. The number of nitrogens with zero attached hydrogens (tertiary/aromatic N) is 1. The van der Waals surface area contributed by atoms with E-state index in [4.69, 9.17) is 0 Å². The lowest BCUT2D eigenvalue weighted by atomic mass is 10.1. The fraction of sp³-hybridized carbons (Fsp3) is 0.136. The molecule has 7 heteroatoms. The molecule has 29 heavy (non-hydrogen) atoms. The minimum atomic E-state index is -3.59. The summed E-state index contributed by atoms with van der Waals surface area (Å²) in [5.41, 5.74) is 2.24. The molecule has 0 spiro atoms. The predicted molar refractivity (Wildman–Crippen MR) is 115 cm³/mol. The minimum Gasteiger partial charge on any atom is -0.351 e. The number of amides is 1. The zero-order chi connectivity index (χ0) is 20.7. The molecule has 3 aromatic rings. The van der Waals surface area contributed by atoms with E-state index < -0.39 is 10.0 Å². The van der Waals surface area contributed by atoms with E-state index in [-0.39, 0.29) is 23.9 Å². The van der Waals surface area contributed by atoms with Crippen LogP contribution in [0.2, 0.25) is 0 Å². The van der Waals surface area contributed by atoms with E-state index >= 15 is 0 Å². The molecule has 0 saturated heterocycles. The molecule has 0 aliphatic carbocycles. The highest BCUT2D eigenvalue weighted by Gasteiger charge is 2.16. The summed E-state index contributed by atoms with van der Waals surface area (Å²) < 4.78 is 26.9. The Hall–Kier alpha value is -3.16. The number of para-hydroxylation sites is 2. The van der Waals surface area contributed by atoms with Crippen LogP contribution in [-0.2, 0) is 10.0 Å². The van der Waals surface area contributed by atoms with Gasteiger partial charge in [-0.2, -0.15) is 0 Å². The number of sulfonamides is 1. The van der Waals surface area contributed by atoms with E-state index in [1.54, 1.807) is 30.3 Å². The molecule has 6 nitrogen and oxygen atoms in total. The van der Waals surface area contributed by atoms with Crippen LogP contribution >= 0.6 is 0 Å². The Bertz CT molecular complexity index is 1050. The van der Waals surface area contributed by atoms with E-state index in [1.165, 1.54) is 12.1 Å². The molecule has 0 aromatic heterocycles. The Labute approximate surface area is 171 Å². The number of nitrogens with one attached hydrogen (secondary N) is 2. The van der Waals surface area contributed by atoms with E-state index in [9.17, 15) is 13.2 Å². The van der Waals surface area contributed by atoms with Gasteiger partial charge in [0.05, 0.1) is 16.1 Å². The van der Waals surface area contributed by atoms with Crippen molar-refractivity contribution in [3.8, 4) is 0 Å². The summed E-state index contributed by atoms with van der Waals surface area (Å²) in [7, 11) is -1.69. The van der Waals surface area contributed by atoms with Crippen molar-refractivity contribution in [1.82, 2.24) is 10.0 Å². The average Bonchev–Trinajstić information content (AvgIpc) is 2.77. The molecule has 0 aliphatic heterocycles. The van der Waals surface area contributed by atoms with Crippen LogP contribution in [0.5, 0.6) is 0 Å². The van der Waals surface area contributed by atoms with Crippen molar-refractivity contribution in [2.24, 2.45) is 0 Å². The number of carbonyl (C=O) groups excluding carboxylic acids is 1. The van der Waals surface area contributed by atoms with Crippen LogP contribution in [-0.4, -0.2) is 34.5 Å². The number of rotatable bonds is 8. The van der Waals surface area contributed by atoms with Crippen molar-refractivity contribution in [3.63, 3.8) is 0 Å². The van der Waals surface area contributed by atoms with Gasteiger partial charge in [-0.05, 0) is 36.4 Å². The Kier molecular flexibility index (Phi) is 6.64. The van der Waals surface area contributed by atoms with Crippen LogP contribution in [0.25, 0.3) is 0 Å². The topological polar surface area (TPSA) is 78.5 Å². The molecule has 1 amide bonds. The van der Waals surface area contributed by atoms with Crippen LogP contribution in [0.3, 0.4) is 0 Å². The molecular weight excluding hydrogens is 386 g/mol. The molecule has 0 bridgehead atoms. The molecule has 0 aliphatic rings. The molecule has 0 heterocycles. The van der Waals surface area contributed by atoms with Gasteiger partial charge in [0.2, 0.25) is 10.0 Å². The van der Waals surface area contributed by atoms with Crippen molar-refractivity contribution >= 4 is 27.3 Å². The predicted octanol–water partition coefficient (Wildman–Crippen LogP) is 3.16. The van der Waals surface area contributed by atoms with Crippen LogP contribution in [0.15, 0.2) is 89.8 Å². The van der Waals surface area contributed by atoms with E-state index in [0.717, 1.165) is 11.4 Å². The number of anilines is 2. The second-order valence-electron chi connectivity index (χ2n) is 6.38. The Balaban J connectivity index is 1.62. The Morgan fingerprint density at radius 3 is 2.10 bits per heavy atom. The largest absolute Gasteiger partial charge is 0.351 e. The lowest BCUT2D eigenvalue weighted by molar-refractivity contribution is 0.0955. The second kappa shape index (κ2) is 9.36. The summed E-state index contributed by atoms with van der Waals surface area (Å²) in [6.45, 7) is 0.272. The normalized spacial score (nSPS) is 11.1. The van der Waals surface area contributed by atoms with E-state index in [0.29, 0.717) is 5.56 Å². The van der Waals surface area contributed by atoms with Crippen molar-refractivity contribution < 1.29 is 13.2 Å². The fourth-order valence-corrected chi connectivity index (χ4v) is 3.94. The molecule has 2 N–H and O–H groups in total. The number of hydrogen-bond acceptors (Lipinski definition) is 4. The molecule has 0 saturated carbocycles. The van der Waals surface area contributed by atoms with Crippen LogP contribution in [0, 0.1) is 0 Å². The summed E-state index contributed by atoms with van der Waals surface area (Å²) >= 11 is 0. The summed E-state index contributed by atoms with van der Waals surface area (Å²) in [5, 5.41) is 2.78. The third-order valence-electron chi connectivity index (χ3n) is 4.41. The maximum Gasteiger partial charge on any atom is 0.253 e. The molecule has 3 aromatic carbocycles. The molecule has 150 valence electrons. The van der Waals surface area contributed by atoms with Crippen molar-refractivity contribution in [2.75, 3.05) is 25.0 Å². The van der Waals surface area contributed by atoms with E-state index in [2.05, 4.69) is 10.0 Å². The van der Waals surface area contributed by atoms with Gasteiger partial charge < -0.3 is 10.2 Å². The first-order valence-corrected chi connectivity index (χ1v) is 10.7. The zero-order valence-electron chi connectivity index (χ0n) is 16.1. The van der Waals surface area contributed by atoms with E-state index in [1.807, 2.05) is 54.4 Å². The Morgan fingerprint density at radius 1 is 0.828 bits per heavy atom. The smallest absolute Gasteiger partial charge is 0.253 e. The molecule has 0 fully saturated rings. The first-order chi connectivity index (χ1) is 14.0. The minimum absolute atomic E-state index is 0.0969. The summed E-state index contributed by atoms with van der Waals surface area (Å²) in [4.78, 5) is 14.8. The van der Waals surface area contributed by atoms with Crippen molar-refractivity contribution in [2.45, 2.75) is 4.90 Å². The molecule has 0 atom stereocenters. The van der Waals surface area contributed by atoms with Gasteiger partial charge in [0.25, 0.3) is 5.91 Å². The monoisotopic (exact) mass is 409 g/mol.